The Balaban J connectivity index is 1.36. The molecule has 0 atom stereocenters. The van der Waals surface area contributed by atoms with Gasteiger partial charge in [-0.2, -0.15) is 5.10 Å². The van der Waals surface area contributed by atoms with Crippen LogP contribution in [-0.4, -0.2) is 41.3 Å². The molecule has 1 fully saturated rings. The third kappa shape index (κ3) is 3.34. The number of unbranched alkanes of at least 4 members (excludes halogenated alkanes) is 1. The molecule has 4 rings (SSSR count). The minimum Gasteiger partial charge on any atom is -0.476 e. The lowest BCUT2D eigenvalue weighted by molar-refractivity contribution is 0.0690. The summed E-state index contributed by atoms with van der Waals surface area (Å²) in [6, 6.07) is 2.01. The number of aryl methyl sites for hydroxylation is 2. The highest BCUT2D eigenvalue weighted by Crippen LogP contribution is 2.44. The van der Waals surface area contributed by atoms with Crippen LogP contribution in [-0.2, 0) is 13.0 Å². The molecule has 0 bridgehead atoms. The molecule has 0 unspecified atom stereocenters. The second kappa shape index (κ2) is 6.44. The summed E-state index contributed by atoms with van der Waals surface area (Å²) in [6.07, 6.45) is 6.31. The van der Waals surface area contributed by atoms with Gasteiger partial charge in [-0.3, -0.25) is 4.68 Å². The van der Waals surface area contributed by atoms with Crippen molar-refractivity contribution in [2.75, 3.05) is 0 Å². The molecular formula is C16H17ClN6O2. The van der Waals surface area contributed by atoms with Gasteiger partial charge in [0, 0.05) is 23.5 Å². The summed E-state index contributed by atoms with van der Waals surface area (Å²) < 4.78 is 1.54. The summed E-state index contributed by atoms with van der Waals surface area (Å²) in [6.45, 7) is 0.618. The fourth-order valence-electron chi connectivity index (χ4n) is 2.88. The van der Waals surface area contributed by atoms with E-state index in [1.54, 1.807) is 4.68 Å². The number of hydrogen-bond acceptors (Lipinski definition) is 5. The topological polar surface area (TPSA) is 110 Å². The fraction of sp³-hybridized carbons (Fsp3) is 0.438. The molecule has 0 amide bonds. The summed E-state index contributed by atoms with van der Waals surface area (Å²) in [5, 5.41) is 26.4. The van der Waals surface area contributed by atoms with Crippen molar-refractivity contribution >= 4 is 28.6 Å². The quantitative estimate of drug-likeness (QED) is 0.627. The number of nitrogens with zero attached hydrogens (tertiary/aromatic N) is 5. The largest absolute Gasteiger partial charge is 0.476 e. The number of fused-ring (bicyclic) bond motifs is 1. The van der Waals surface area contributed by atoms with Crippen molar-refractivity contribution in [3.63, 3.8) is 0 Å². The molecule has 0 spiro atoms. The van der Waals surface area contributed by atoms with Crippen LogP contribution >= 0.6 is 11.6 Å². The number of carboxylic acids is 1. The molecule has 8 nitrogen and oxygen atoms in total. The van der Waals surface area contributed by atoms with Crippen LogP contribution in [0.1, 0.15) is 53.5 Å². The van der Waals surface area contributed by atoms with E-state index < -0.39 is 5.97 Å². The summed E-state index contributed by atoms with van der Waals surface area (Å²) >= 11 is 6.47. The molecule has 1 aliphatic carbocycles. The van der Waals surface area contributed by atoms with Crippen molar-refractivity contribution in [2.45, 2.75) is 44.6 Å². The van der Waals surface area contributed by atoms with E-state index in [9.17, 15) is 4.79 Å². The predicted molar refractivity (Wildman–Crippen MR) is 90.8 cm³/mol. The molecule has 0 aromatic carbocycles. The van der Waals surface area contributed by atoms with Crippen LogP contribution in [0, 0.1) is 0 Å². The second-order valence-corrected chi connectivity index (χ2v) is 6.73. The summed E-state index contributed by atoms with van der Waals surface area (Å²) in [5.74, 6) is -0.521. The molecule has 3 aromatic rings. The number of aromatic carboxylic acids is 1. The second-order valence-electron chi connectivity index (χ2n) is 6.35. The number of rotatable bonds is 7. The van der Waals surface area contributed by atoms with Crippen LogP contribution in [0.2, 0.25) is 5.02 Å². The zero-order valence-corrected chi connectivity index (χ0v) is 14.2. The van der Waals surface area contributed by atoms with Crippen molar-refractivity contribution in [3.8, 4) is 0 Å². The number of carboxylic acid groups (broad SMARTS) is 1. The van der Waals surface area contributed by atoms with E-state index in [1.165, 1.54) is 19.0 Å². The van der Waals surface area contributed by atoms with E-state index in [0.29, 0.717) is 12.5 Å². The Morgan fingerprint density at radius 3 is 2.88 bits per heavy atom. The first-order valence-electron chi connectivity index (χ1n) is 8.29. The first-order chi connectivity index (χ1) is 12.1. The van der Waals surface area contributed by atoms with Crippen molar-refractivity contribution in [1.29, 1.82) is 0 Å². The Hall–Kier alpha value is -2.48. The standard InChI is InChI=1S/C16H17ClN6O2/c17-13-11-7-10(19-21-15(11)18-14(13)9-4-5-9)3-1-2-6-23-8-12(16(24)25)20-22-23/h7-9H,1-6H2,(H,18,21)(H,24,25). The van der Waals surface area contributed by atoms with Gasteiger partial charge in [0.15, 0.2) is 11.3 Å². The Morgan fingerprint density at radius 1 is 1.32 bits per heavy atom. The third-order valence-electron chi connectivity index (χ3n) is 4.38. The Kier molecular flexibility index (Phi) is 4.12. The SMILES string of the molecule is O=C(O)c1cn(CCCCc2cc3c(Cl)c(C4CC4)[nH]c3nn2)nn1. The number of carbonyl (C=O) groups is 1. The highest BCUT2D eigenvalue weighted by molar-refractivity contribution is 6.36. The van der Waals surface area contributed by atoms with E-state index in [1.807, 2.05) is 6.07 Å². The van der Waals surface area contributed by atoms with Gasteiger partial charge in [0.05, 0.1) is 16.9 Å². The van der Waals surface area contributed by atoms with E-state index >= 15 is 0 Å². The third-order valence-corrected chi connectivity index (χ3v) is 4.79. The molecule has 9 heteroatoms. The number of nitrogens with one attached hydrogen (secondary N) is 1. The lowest BCUT2D eigenvalue weighted by Crippen LogP contribution is -2.01. The number of hydrogen-bond donors (Lipinski definition) is 2. The maximum Gasteiger partial charge on any atom is 0.358 e. The molecule has 3 aromatic heterocycles. The average molecular weight is 361 g/mol. The molecule has 2 N–H and O–H groups in total. The Labute approximate surface area is 148 Å². The van der Waals surface area contributed by atoms with E-state index in [-0.39, 0.29) is 5.69 Å². The summed E-state index contributed by atoms with van der Waals surface area (Å²) in [5.41, 5.74) is 2.70. The van der Waals surface area contributed by atoms with Gasteiger partial charge in [-0.05, 0) is 38.2 Å². The molecule has 1 aliphatic rings. The van der Waals surface area contributed by atoms with Crippen LogP contribution in [0.15, 0.2) is 12.3 Å². The molecule has 25 heavy (non-hydrogen) atoms. The monoisotopic (exact) mass is 360 g/mol. The molecule has 3 heterocycles. The zero-order valence-electron chi connectivity index (χ0n) is 13.4. The van der Waals surface area contributed by atoms with Gasteiger partial charge in [0.1, 0.15) is 0 Å². The van der Waals surface area contributed by atoms with E-state index in [2.05, 4.69) is 25.5 Å². The first-order valence-corrected chi connectivity index (χ1v) is 8.66. The van der Waals surface area contributed by atoms with Crippen molar-refractivity contribution < 1.29 is 9.90 Å². The number of H-pyrrole nitrogens is 1. The van der Waals surface area contributed by atoms with Crippen LogP contribution in [0.25, 0.3) is 11.0 Å². The maximum atomic E-state index is 10.8. The highest BCUT2D eigenvalue weighted by atomic mass is 35.5. The number of aromatic amines is 1. The Morgan fingerprint density at radius 2 is 2.16 bits per heavy atom. The summed E-state index contributed by atoms with van der Waals surface area (Å²) in [7, 11) is 0. The molecule has 0 saturated heterocycles. The molecule has 130 valence electrons. The first kappa shape index (κ1) is 16.0. The van der Waals surface area contributed by atoms with E-state index in [0.717, 1.165) is 46.7 Å². The van der Waals surface area contributed by atoms with Gasteiger partial charge in [-0.1, -0.05) is 16.8 Å². The Bertz CT molecular complexity index is 930. The van der Waals surface area contributed by atoms with Gasteiger partial charge in [-0.25, -0.2) is 4.79 Å². The van der Waals surface area contributed by atoms with Crippen molar-refractivity contribution in [3.05, 3.63) is 34.4 Å². The lowest BCUT2D eigenvalue weighted by Gasteiger charge is -2.01. The minimum absolute atomic E-state index is 0.0371. The normalized spacial score (nSPS) is 14.3. The van der Waals surface area contributed by atoms with Crippen LogP contribution < -0.4 is 0 Å². The van der Waals surface area contributed by atoms with Crippen LogP contribution in [0.5, 0.6) is 0 Å². The summed E-state index contributed by atoms with van der Waals surface area (Å²) in [4.78, 5) is 14.0. The lowest BCUT2D eigenvalue weighted by atomic mass is 10.1. The molecule has 0 aliphatic heterocycles. The van der Waals surface area contributed by atoms with Gasteiger partial charge in [0.2, 0.25) is 0 Å². The average Bonchev–Trinajstić information content (AvgIpc) is 3.24. The van der Waals surface area contributed by atoms with Crippen molar-refractivity contribution in [2.24, 2.45) is 0 Å². The smallest absolute Gasteiger partial charge is 0.358 e. The fourth-order valence-corrected chi connectivity index (χ4v) is 3.23. The predicted octanol–water partition coefficient (Wildman–Crippen LogP) is 2.80. The number of halogens is 1. The minimum atomic E-state index is -1.07. The molecule has 1 saturated carbocycles. The molecular weight excluding hydrogens is 344 g/mol. The highest BCUT2D eigenvalue weighted by Gasteiger charge is 2.28. The van der Waals surface area contributed by atoms with Crippen molar-refractivity contribution in [1.82, 2.24) is 30.2 Å². The van der Waals surface area contributed by atoms with Gasteiger partial charge < -0.3 is 10.1 Å². The van der Waals surface area contributed by atoms with E-state index in [4.69, 9.17) is 16.7 Å². The molecule has 0 radical (unpaired) electrons. The van der Waals surface area contributed by atoms with Gasteiger partial charge >= 0.3 is 5.97 Å². The van der Waals surface area contributed by atoms with Crippen LogP contribution in [0.4, 0.5) is 0 Å². The van der Waals surface area contributed by atoms with Crippen LogP contribution in [0.3, 0.4) is 0 Å². The van der Waals surface area contributed by atoms with Gasteiger partial charge in [0.25, 0.3) is 0 Å². The maximum absolute atomic E-state index is 10.8. The zero-order chi connectivity index (χ0) is 17.4. The number of aromatic nitrogens is 6. The van der Waals surface area contributed by atoms with Gasteiger partial charge in [-0.15, -0.1) is 10.2 Å².